The highest BCUT2D eigenvalue weighted by Gasteiger charge is 2.25. The lowest BCUT2D eigenvalue weighted by molar-refractivity contribution is 0.0995. The zero-order valence-electron chi connectivity index (χ0n) is 10.9. The monoisotopic (exact) mass is 283 g/mol. The van der Waals surface area contributed by atoms with Crippen LogP contribution in [0.15, 0.2) is 12.1 Å². The van der Waals surface area contributed by atoms with Gasteiger partial charge in [-0.1, -0.05) is 11.6 Å². The van der Waals surface area contributed by atoms with Gasteiger partial charge in [0.2, 0.25) is 0 Å². The second-order valence-electron chi connectivity index (χ2n) is 4.80. The number of ether oxygens (including phenoxy) is 1. The number of primary amides is 1. The van der Waals surface area contributed by atoms with Gasteiger partial charge in [-0.25, -0.2) is 0 Å². The number of amides is 1. The van der Waals surface area contributed by atoms with E-state index >= 15 is 0 Å². The van der Waals surface area contributed by atoms with Gasteiger partial charge in [0.1, 0.15) is 6.61 Å². The van der Waals surface area contributed by atoms with Crippen LogP contribution < -0.4 is 16.2 Å². The van der Waals surface area contributed by atoms with Gasteiger partial charge in [0, 0.05) is 18.3 Å². The Kier molecular flexibility index (Phi) is 4.17. The molecule has 5 nitrogen and oxygen atoms in total. The molecule has 0 aliphatic heterocycles. The molecule has 6 heteroatoms. The Morgan fingerprint density at radius 3 is 2.79 bits per heavy atom. The smallest absolute Gasteiger partial charge is 0.252 e. The maximum Gasteiger partial charge on any atom is 0.252 e. The molecule has 0 unspecified atom stereocenters. The van der Waals surface area contributed by atoms with Crippen molar-refractivity contribution in [3.05, 3.63) is 22.7 Å². The van der Waals surface area contributed by atoms with Gasteiger partial charge in [-0.3, -0.25) is 4.79 Å². The molecule has 1 aromatic carbocycles. The molecule has 0 atom stereocenters. The van der Waals surface area contributed by atoms with E-state index in [4.69, 9.17) is 27.8 Å². The number of carbonyl (C=O) groups excluding carboxylic acids is 1. The van der Waals surface area contributed by atoms with Gasteiger partial charge in [0.05, 0.1) is 10.6 Å². The van der Waals surface area contributed by atoms with E-state index in [-0.39, 0.29) is 5.56 Å². The molecule has 19 heavy (non-hydrogen) atoms. The fourth-order valence-electron chi connectivity index (χ4n) is 1.93. The lowest BCUT2D eigenvalue weighted by atomic mass is 10.1. The third kappa shape index (κ3) is 3.52. The first-order chi connectivity index (χ1) is 8.99. The molecule has 2 rings (SSSR count). The maximum absolute atomic E-state index is 11.4. The minimum atomic E-state index is -0.597. The van der Waals surface area contributed by atoms with Gasteiger partial charge in [-0.05, 0) is 32.0 Å². The van der Waals surface area contributed by atoms with Crippen molar-refractivity contribution < 1.29 is 9.53 Å². The molecule has 0 radical (unpaired) electrons. The number of nitrogens with two attached hydrogens (primary N) is 2. The summed E-state index contributed by atoms with van der Waals surface area (Å²) in [5.41, 5.74) is 11.5. The van der Waals surface area contributed by atoms with Crippen LogP contribution in [0.1, 0.15) is 23.2 Å². The van der Waals surface area contributed by atoms with Gasteiger partial charge in [-0.2, -0.15) is 0 Å². The molecular weight excluding hydrogens is 266 g/mol. The first-order valence-corrected chi connectivity index (χ1v) is 6.58. The first-order valence-electron chi connectivity index (χ1n) is 6.21. The number of anilines is 1. The highest BCUT2D eigenvalue weighted by Crippen LogP contribution is 2.31. The average Bonchev–Trinajstić information content (AvgIpc) is 3.14. The van der Waals surface area contributed by atoms with Gasteiger partial charge in [-0.15, -0.1) is 0 Å². The minimum Gasteiger partial charge on any atom is -0.490 e. The van der Waals surface area contributed by atoms with Crippen molar-refractivity contribution in [2.24, 2.45) is 5.73 Å². The van der Waals surface area contributed by atoms with Crippen LogP contribution in [0.5, 0.6) is 5.75 Å². The van der Waals surface area contributed by atoms with Crippen LogP contribution in [0.4, 0.5) is 5.69 Å². The summed E-state index contributed by atoms with van der Waals surface area (Å²) in [6, 6.07) is 3.70. The second kappa shape index (κ2) is 5.67. The predicted octanol–water partition coefficient (Wildman–Crippen LogP) is 1.49. The molecule has 104 valence electrons. The molecule has 1 aliphatic carbocycles. The number of carbonyl (C=O) groups is 1. The fourth-order valence-corrected chi connectivity index (χ4v) is 2.22. The summed E-state index contributed by atoms with van der Waals surface area (Å²) in [6.45, 7) is 1.24. The number of hydrogen-bond acceptors (Lipinski definition) is 4. The van der Waals surface area contributed by atoms with Crippen molar-refractivity contribution in [2.45, 2.75) is 18.9 Å². The van der Waals surface area contributed by atoms with E-state index in [9.17, 15) is 4.79 Å². The molecular formula is C13H18ClN3O2. The quantitative estimate of drug-likeness (QED) is 0.775. The molecule has 1 aromatic rings. The Balaban J connectivity index is 2.03. The van der Waals surface area contributed by atoms with Crippen molar-refractivity contribution in [3.8, 4) is 5.75 Å². The topological polar surface area (TPSA) is 81.6 Å². The van der Waals surface area contributed by atoms with E-state index in [2.05, 4.69) is 11.9 Å². The number of rotatable bonds is 6. The minimum absolute atomic E-state index is 0.221. The molecule has 1 aliphatic rings. The van der Waals surface area contributed by atoms with E-state index in [1.807, 2.05) is 0 Å². The number of hydrogen-bond donors (Lipinski definition) is 2. The normalized spacial score (nSPS) is 14.7. The molecule has 4 N–H and O–H groups in total. The van der Waals surface area contributed by atoms with E-state index < -0.39 is 5.91 Å². The third-order valence-corrected chi connectivity index (χ3v) is 3.47. The Morgan fingerprint density at radius 2 is 2.21 bits per heavy atom. The van der Waals surface area contributed by atoms with E-state index in [1.165, 1.54) is 18.9 Å². The van der Waals surface area contributed by atoms with E-state index in [1.54, 1.807) is 6.07 Å². The van der Waals surface area contributed by atoms with Crippen molar-refractivity contribution in [1.82, 2.24) is 4.90 Å². The summed E-state index contributed by atoms with van der Waals surface area (Å²) in [7, 11) is 2.06. The number of likely N-dealkylation sites (N-methyl/N-ethyl adjacent to an activating group) is 1. The van der Waals surface area contributed by atoms with Crippen molar-refractivity contribution >= 4 is 23.2 Å². The highest BCUT2D eigenvalue weighted by molar-refractivity contribution is 6.33. The van der Waals surface area contributed by atoms with Crippen LogP contribution in [0.2, 0.25) is 5.02 Å². The van der Waals surface area contributed by atoms with Gasteiger partial charge >= 0.3 is 0 Å². The lowest BCUT2D eigenvalue weighted by Crippen LogP contribution is -2.26. The van der Waals surface area contributed by atoms with Crippen LogP contribution in [0.25, 0.3) is 0 Å². The summed E-state index contributed by atoms with van der Waals surface area (Å²) in [6.07, 6.45) is 2.48. The SMILES string of the molecule is CN(CCOc1c(Cl)cc(N)cc1C(N)=O)C1CC1. The van der Waals surface area contributed by atoms with Crippen LogP contribution in [0, 0.1) is 0 Å². The summed E-state index contributed by atoms with van der Waals surface area (Å²) in [5.74, 6) is -0.285. The zero-order chi connectivity index (χ0) is 14.0. The molecule has 0 heterocycles. The van der Waals surface area contributed by atoms with Crippen LogP contribution in [0.3, 0.4) is 0 Å². The standard InChI is InChI=1S/C13H18ClN3O2/c1-17(9-2-3-9)4-5-19-12-10(13(16)18)6-8(15)7-11(12)14/h6-7,9H,2-5,15H2,1H3,(H2,16,18). The summed E-state index contributed by atoms with van der Waals surface area (Å²) >= 11 is 6.04. The molecule has 0 bridgehead atoms. The molecule has 1 fully saturated rings. The predicted molar refractivity (Wildman–Crippen MR) is 75.5 cm³/mol. The molecule has 0 spiro atoms. The summed E-state index contributed by atoms with van der Waals surface area (Å²) < 4.78 is 5.60. The van der Waals surface area contributed by atoms with Crippen molar-refractivity contribution in [2.75, 3.05) is 25.9 Å². The van der Waals surface area contributed by atoms with Crippen molar-refractivity contribution in [1.29, 1.82) is 0 Å². The Morgan fingerprint density at radius 1 is 1.53 bits per heavy atom. The lowest BCUT2D eigenvalue weighted by Gasteiger charge is -2.17. The number of benzene rings is 1. The number of halogens is 1. The van der Waals surface area contributed by atoms with Crippen LogP contribution in [-0.4, -0.2) is 37.0 Å². The average molecular weight is 284 g/mol. The van der Waals surface area contributed by atoms with E-state index in [0.29, 0.717) is 29.1 Å². The Hall–Kier alpha value is -1.46. The highest BCUT2D eigenvalue weighted by atomic mass is 35.5. The second-order valence-corrected chi connectivity index (χ2v) is 5.21. The fraction of sp³-hybridized carbons (Fsp3) is 0.462. The summed E-state index contributed by atoms with van der Waals surface area (Å²) in [5, 5.41) is 0.308. The molecule has 1 amide bonds. The van der Waals surface area contributed by atoms with Crippen molar-refractivity contribution in [3.63, 3.8) is 0 Å². The van der Waals surface area contributed by atoms with E-state index in [0.717, 1.165) is 6.54 Å². The Bertz CT molecular complexity index is 489. The van der Waals surface area contributed by atoms with Gasteiger partial charge in [0.25, 0.3) is 5.91 Å². The zero-order valence-corrected chi connectivity index (χ0v) is 11.6. The molecule has 1 saturated carbocycles. The largest absolute Gasteiger partial charge is 0.490 e. The van der Waals surface area contributed by atoms with Gasteiger partial charge < -0.3 is 21.1 Å². The van der Waals surface area contributed by atoms with Gasteiger partial charge in [0.15, 0.2) is 5.75 Å². The van der Waals surface area contributed by atoms with Crippen LogP contribution in [-0.2, 0) is 0 Å². The molecule has 0 aromatic heterocycles. The summed E-state index contributed by atoms with van der Waals surface area (Å²) in [4.78, 5) is 13.6. The third-order valence-electron chi connectivity index (χ3n) is 3.19. The maximum atomic E-state index is 11.4. The Labute approximate surface area is 117 Å². The molecule has 0 saturated heterocycles. The number of nitrogen functional groups attached to an aromatic ring is 1. The first kappa shape index (κ1) is 14.0. The number of nitrogens with zero attached hydrogens (tertiary/aromatic N) is 1. The van der Waals surface area contributed by atoms with Crippen LogP contribution >= 0.6 is 11.6 Å².